The molecular weight excluding hydrogens is 236 g/mol. The van der Waals surface area contributed by atoms with Crippen LogP contribution in [0.4, 0.5) is 4.79 Å². The molecule has 1 rings (SSSR count). The molecular formula is C12H22N2O4. The van der Waals surface area contributed by atoms with Crippen molar-refractivity contribution in [1.82, 2.24) is 10.2 Å². The van der Waals surface area contributed by atoms with Gasteiger partial charge in [0.15, 0.2) is 0 Å². The van der Waals surface area contributed by atoms with E-state index in [0.717, 1.165) is 0 Å². The van der Waals surface area contributed by atoms with Gasteiger partial charge < -0.3 is 15.2 Å². The van der Waals surface area contributed by atoms with Crippen LogP contribution >= 0.6 is 0 Å². The van der Waals surface area contributed by atoms with Gasteiger partial charge in [-0.15, -0.1) is 0 Å². The van der Waals surface area contributed by atoms with Crippen molar-refractivity contribution in [2.45, 2.75) is 51.3 Å². The molecule has 1 aliphatic heterocycles. The van der Waals surface area contributed by atoms with E-state index in [9.17, 15) is 14.7 Å². The lowest BCUT2D eigenvalue weighted by Gasteiger charge is -2.32. The summed E-state index contributed by atoms with van der Waals surface area (Å²) in [4.78, 5) is 24.7. The van der Waals surface area contributed by atoms with Crippen LogP contribution in [0.5, 0.6) is 0 Å². The Balaban J connectivity index is 2.91. The van der Waals surface area contributed by atoms with Crippen molar-refractivity contribution < 1.29 is 19.4 Å². The highest BCUT2D eigenvalue weighted by molar-refractivity contribution is 5.85. The summed E-state index contributed by atoms with van der Waals surface area (Å²) in [6.07, 6.45) is -0.205. The maximum Gasteiger partial charge on any atom is 0.411 e. The predicted molar refractivity (Wildman–Crippen MR) is 66.4 cm³/mol. The fraction of sp³-hybridized carbons (Fsp3) is 0.833. The van der Waals surface area contributed by atoms with Crippen LogP contribution in [0.25, 0.3) is 0 Å². The molecule has 2 atom stereocenters. The van der Waals surface area contributed by atoms with E-state index in [1.165, 1.54) is 4.90 Å². The number of hydrogen-bond donors (Lipinski definition) is 2. The van der Waals surface area contributed by atoms with Gasteiger partial charge in [0.05, 0.1) is 0 Å². The number of hydrogen-bond acceptors (Lipinski definition) is 4. The van der Waals surface area contributed by atoms with Crippen molar-refractivity contribution in [2.24, 2.45) is 0 Å². The first-order chi connectivity index (χ1) is 8.10. The van der Waals surface area contributed by atoms with E-state index in [1.54, 1.807) is 34.7 Å². The van der Waals surface area contributed by atoms with Gasteiger partial charge in [0, 0.05) is 12.6 Å². The summed E-state index contributed by atoms with van der Waals surface area (Å²) in [6.45, 7) is 7.17. The molecule has 1 saturated heterocycles. The highest BCUT2D eigenvalue weighted by Gasteiger charge is 2.51. The number of carboxylic acids is 1. The maximum absolute atomic E-state index is 12.1. The molecule has 1 fully saturated rings. The fourth-order valence-electron chi connectivity index (χ4n) is 2.07. The van der Waals surface area contributed by atoms with E-state index in [0.29, 0.717) is 13.0 Å². The van der Waals surface area contributed by atoms with E-state index in [2.05, 4.69) is 5.32 Å². The second-order valence-electron chi connectivity index (χ2n) is 5.86. The Hall–Kier alpha value is -1.30. The number of nitrogens with zero attached hydrogens (tertiary/aromatic N) is 1. The Morgan fingerprint density at radius 2 is 2.00 bits per heavy atom. The van der Waals surface area contributed by atoms with Crippen molar-refractivity contribution in [1.29, 1.82) is 0 Å². The number of ether oxygens (including phenoxy) is 1. The molecule has 0 spiro atoms. The van der Waals surface area contributed by atoms with Crippen molar-refractivity contribution in [2.75, 3.05) is 13.6 Å². The van der Waals surface area contributed by atoms with E-state index >= 15 is 0 Å². The Labute approximate surface area is 107 Å². The van der Waals surface area contributed by atoms with Crippen LogP contribution in [0.3, 0.4) is 0 Å². The van der Waals surface area contributed by atoms with Crippen molar-refractivity contribution in [3.63, 3.8) is 0 Å². The lowest BCUT2D eigenvalue weighted by atomic mass is 9.98. The highest BCUT2D eigenvalue weighted by atomic mass is 16.6. The number of likely N-dealkylation sites (N-methyl/N-ethyl adjacent to an activating group) is 1. The molecule has 6 heteroatoms. The van der Waals surface area contributed by atoms with Gasteiger partial charge in [-0.1, -0.05) is 0 Å². The van der Waals surface area contributed by atoms with Crippen LogP contribution < -0.4 is 5.32 Å². The van der Waals surface area contributed by atoms with Crippen LogP contribution in [-0.4, -0.2) is 52.8 Å². The summed E-state index contributed by atoms with van der Waals surface area (Å²) in [5.74, 6) is -1.01. The first-order valence-corrected chi connectivity index (χ1v) is 6.01. The third-order valence-electron chi connectivity index (χ3n) is 3.13. The van der Waals surface area contributed by atoms with Crippen LogP contribution in [0, 0.1) is 0 Å². The molecule has 0 aromatic heterocycles. The lowest BCUT2D eigenvalue weighted by molar-refractivity contribution is -0.148. The van der Waals surface area contributed by atoms with Crippen molar-refractivity contribution in [3.8, 4) is 0 Å². The Bertz CT molecular complexity index is 350. The highest BCUT2D eigenvalue weighted by Crippen LogP contribution is 2.31. The topological polar surface area (TPSA) is 78.9 Å². The molecule has 1 amide bonds. The molecule has 1 heterocycles. The summed E-state index contributed by atoms with van der Waals surface area (Å²) < 4.78 is 5.26. The number of carboxylic acid groups (broad SMARTS) is 1. The van der Waals surface area contributed by atoms with Crippen LogP contribution in [0.15, 0.2) is 0 Å². The SMILES string of the molecule is CN[C@@H]1CN(C(=O)OC(C)(C)C)[C@](C)(C(=O)O)C1. The molecule has 2 N–H and O–H groups in total. The molecule has 0 saturated carbocycles. The van der Waals surface area contributed by atoms with Gasteiger partial charge in [-0.2, -0.15) is 0 Å². The zero-order valence-corrected chi connectivity index (χ0v) is 11.6. The molecule has 0 aromatic rings. The molecule has 0 radical (unpaired) electrons. The summed E-state index contributed by atoms with van der Waals surface area (Å²) >= 11 is 0. The number of amides is 1. The number of rotatable bonds is 2. The Kier molecular flexibility index (Phi) is 3.90. The molecule has 18 heavy (non-hydrogen) atoms. The van der Waals surface area contributed by atoms with E-state index in [1.807, 2.05) is 0 Å². The molecule has 0 bridgehead atoms. The predicted octanol–water partition coefficient (Wildman–Crippen LogP) is 1.06. The molecule has 1 aliphatic rings. The van der Waals surface area contributed by atoms with Crippen molar-refractivity contribution in [3.05, 3.63) is 0 Å². The minimum absolute atomic E-state index is 0.0291. The molecule has 0 unspecified atom stereocenters. The normalized spacial score (nSPS) is 28.3. The zero-order valence-electron chi connectivity index (χ0n) is 11.6. The Morgan fingerprint density at radius 3 is 2.39 bits per heavy atom. The minimum Gasteiger partial charge on any atom is -0.480 e. The van der Waals surface area contributed by atoms with Crippen molar-refractivity contribution >= 4 is 12.1 Å². The van der Waals surface area contributed by atoms with E-state index in [4.69, 9.17) is 4.74 Å². The van der Waals surface area contributed by atoms with Gasteiger partial charge in [0.25, 0.3) is 0 Å². The first-order valence-electron chi connectivity index (χ1n) is 6.01. The monoisotopic (exact) mass is 258 g/mol. The fourth-order valence-corrected chi connectivity index (χ4v) is 2.07. The van der Waals surface area contributed by atoms with E-state index < -0.39 is 23.2 Å². The number of likely N-dealkylation sites (tertiary alicyclic amines) is 1. The second kappa shape index (κ2) is 4.76. The number of nitrogens with one attached hydrogen (secondary N) is 1. The first kappa shape index (κ1) is 14.8. The van der Waals surface area contributed by atoms with Gasteiger partial charge in [0.1, 0.15) is 11.1 Å². The average molecular weight is 258 g/mol. The maximum atomic E-state index is 12.1. The molecule has 104 valence electrons. The smallest absolute Gasteiger partial charge is 0.411 e. The van der Waals surface area contributed by atoms with Crippen LogP contribution in [0.1, 0.15) is 34.1 Å². The summed E-state index contributed by atoms with van der Waals surface area (Å²) in [6, 6.07) is -0.0291. The van der Waals surface area contributed by atoms with E-state index in [-0.39, 0.29) is 6.04 Å². The summed E-state index contributed by atoms with van der Waals surface area (Å²) in [7, 11) is 1.76. The van der Waals surface area contributed by atoms with Crippen LogP contribution in [0.2, 0.25) is 0 Å². The zero-order chi connectivity index (χ0) is 14.1. The van der Waals surface area contributed by atoms with Gasteiger partial charge >= 0.3 is 12.1 Å². The standard InChI is InChI=1S/C12H22N2O4/c1-11(2,3)18-10(17)14-7-8(13-5)6-12(14,4)9(15)16/h8,13H,6-7H2,1-5H3,(H,15,16)/t8-,12-/m0/s1. The molecule has 6 nitrogen and oxygen atoms in total. The number of carbonyl (C=O) groups excluding carboxylic acids is 1. The summed E-state index contributed by atoms with van der Waals surface area (Å²) in [5.41, 5.74) is -1.84. The molecule has 0 aromatic carbocycles. The number of carbonyl (C=O) groups is 2. The van der Waals surface area contributed by atoms with Gasteiger partial charge in [-0.05, 0) is 41.2 Å². The average Bonchev–Trinajstić information content (AvgIpc) is 2.54. The minimum atomic E-state index is -1.21. The third-order valence-corrected chi connectivity index (χ3v) is 3.13. The van der Waals surface area contributed by atoms with Gasteiger partial charge in [-0.3, -0.25) is 4.90 Å². The second-order valence-corrected chi connectivity index (χ2v) is 5.86. The molecule has 0 aliphatic carbocycles. The Morgan fingerprint density at radius 1 is 1.44 bits per heavy atom. The van der Waals surface area contributed by atoms with Gasteiger partial charge in [-0.25, -0.2) is 9.59 Å². The quantitative estimate of drug-likeness (QED) is 0.774. The largest absolute Gasteiger partial charge is 0.480 e. The van der Waals surface area contributed by atoms with Crippen LogP contribution in [-0.2, 0) is 9.53 Å². The number of aliphatic carboxylic acids is 1. The lowest BCUT2D eigenvalue weighted by Crippen LogP contribution is -2.52. The van der Waals surface area contributed by atoms with Gasteiger partial charge in [0.2, 0.25) is 0 Å². The third kappa shape index (κ3) is 2.93. The summed E-state index contributed by atoms with van der Waals surface area (Å²) in [5, 5.41) is 12.3.